The summed E-state index contributed by atoms with van der Waals surface area (Å²) in [7, 11) is 0. The van der Waals surface area contributed by atoms with Gasteiger partial charge in [0.1, 0.15) is 11.3 Å². The number of hydrogen-bond acceptors (Lipinski definition) is 4. The molecule has 0 unspecified atom stereocenters. The zero-order valence-corrected chi connectivity index (χ0v) is 7.74. The van der Waals surface area contributed by atoms with Gasteiger partial charge in [0.25, 0.3) is 5.56 Å². The first-order valence-electron chi connectivity index (χ1n) is 4.24. The van der Waals surface area contributed by atoms with Crippen LogP contribution in [-0.4, -0.2) is 22.7 Å². The third-order valence-electron chi connectivity index (χ3n) is 1.56. The van der Waals surface area contributed by atoms with Crippen LogP contribution in [0.1, 0.15) is 23.7 Å². The number of aromatic amines is 1. The van der Waals surface area contributed by atoms with Gasteiger partial charge >= 0.3 is 5.97 Å². The molecule has 0 spiro atoms. The maximum absolute atomic E-state index is 11.2. The molecule has 0 saturated heterocycles. The lowest BCUT2D eigenvalue weighted by Crippen LogP contribution is -2.10. The third kappa shape index (κ3) is 2.35. The van der Waals surface area contributed by atoms with Crippen LogP contribution in [0.4, 0.5) is 0 Å². The second kappa shape index (κ2) is 4.45. The maximum atomic E-state index is 11.2. The number of pyridine rings is 1. The molecule has 0 radical (unpaired) electrons. The first kappa shape index (κ1) is 10.3. The largest absolute Gasteiger partial charge is 0.507 e. The number of carbonyl (C=O) groups is 1. The summed E-state index contributed by atoms with van der Waals surface area (Å²) in [4.78, 5) is 24.2. The van der Waals surface area contributed by atoms with Crippen LogP contribution in [0, 0.1) is 0 Å². The minimum Gasteiger partial charge on any atom is -0.507 e. The fourth-order valence-electron chi connectivity index (χ4n) is 0.897. The van der Waals surface area contributed by atoms with Gasteiger partial charge in [-0.15, -0.1) is 0 Å². The number of aromatic nitrogens is 1. The summed E-state index contributed by atoms with van der Waals surface area (Å²) < 4.78 is 4.78. The molecule has 1 rings (SSSR count). The Morgan fingerprint density at radius 2 is 2.36 bits per heavy atom. The number of hydrogen-bond donors (Lipinski definition) is 2. The van der Waals surface area contributed by atoms with Crippen molar-refractivity contribution in [3.63, 3.8) is 0 Å². The smallest absolute Gasteiger partial charge is 0.343 e. The van der Waals surface area contributed by atoms with E-state index in [0.29, 0.717) is 6.42 Å². The lowest BCUT2D eigenvalue weighted by molar-refractivity contribution is 0.0501. The van der Waals surface area contributed by atoms with E-state index < -0.39 is 11.5 Å². The molecule has 0 amide bonds. The Morgan fingerprint density at radius 1 is 1.64 bits per heavy atom. The van der Waals surface area contributed by atoms with Crippen LogP contribution in [0.25, 0.3) is 0 Å². The lowest BCUT2D eigenvalue weighted by atomic mass is 10.2. The molecule has 2 N–H and O–H groups in total. The van der Waals surface area contributed by atoms with Crippen molar-refractivity contribution in [2.45, 2.75) is 13.3 Å². The number of esters is 1. The second-order valence-corrected chi connectivity index (χ2v) is 2.73. The van der Waals surface area contributed by atoms with E-state index in [-0.39, 0.29) is 17.9 Å². The number of ether oxygens (including phenoxy) is 1. The van der Waals surface area contributed by atoms with Crippen molar-refractivity contribution in [3.05, 3.63) is 28.2 Å². The minimum atomic E-state index is -0.638. The van der Waals surface area contributed by atoms with Gasteiger partial charge in [0, 0.05) is 12.3 Å². The van der Waals surface area contributed by atoms with Gasteiger partial charge in [-0.2, -0.15) is 0 Å². The van der Waals surface area contributed by atoms with Gasteiger partial charge in [-0.05, 0) is 6.42 Å². The number of nitrogens with one attached hydrogen (secondary N) is 1. The maximum Gasteiger partial charge on any atom is 0.343 e. The van der Waals surface area contributed by atoms with Crippen molar-refractivity contribution in [2.24, 2.45) is 0 Å². The molecule has 0 aliphatic carbocycles. The zero-order chi connectivity index (χ0) is 10.6. The summed E-state index contributed by atoms with van der Waals surface area (Å²) in [6, 6.07) is 0.933. The van der Waals surface area contributed by atoms with Crippen LogP contribution in [0.15, 0.2) is 17.1 Å². The van der Waals surface area contributed by atoms with Gasteiger partial charge in [0.2, 0.25) is 0 Å². The van der Waals surface area contributed by atoms with Crippen molar-refractivity contribution in [1.82, 2.24) is 4.98 Å². The Kier molecular flexibility index (Phi) is 3.28. The molecule has 1 heterocycles. The molecule has 0 atom stereocenters. The molecule has 0 saturated carbocycles. The summed E-state index contributed by atoms with van der Waals surface area (Å²) in [5.74, 6) is -1.00. The molecular weight excluding hydrogens is 186 g/mol. The van der Waals surface area contributed by atoms with E-state index in [1.165, 1.54) is 0 Å². The van der Waals surface area contributed by atoms with Gasteiger partial charge < -0.3 is 14.8 Å². The van der Waals surface area contributed by atoms with Crippen LogP contribution >= 0.6 is 0 Å². The highest BCUT2D eigenvalue weighted by atomic mass is 16.5. The van der Waals surface area contributed by atoms with Gasteiger partial charge in [0.15, 0.2) is 0 Å². The molecule has 5 heteroatoms. The number of carbonyl (C=O) groups excluding carboxylic acids is 1. The monoisotopic (exact) mass is 197 g/mol. The van der Waals surface area contributed by atoms with Gasteiger partial charge in [0.05, 0.1) is 6.61 Å². The van der Waals surface area contributed by atoms with E-state index in [1.54, 1.807) is 0 Å². The van der Waals surface area contributed by atoms with Gasteiger partial charge in [-0.1, -0.05) is 6.92 Å². The fraction of sp³-hybridized carbons (Fsp3) is 0.333. The van der Waals surface area contributed by atoms with Crippen molar-refractivity contribution >= 4 is 5.97 Å². The Balaban J connectivity index is 2.85. The van der Waals surface area contributed by atoms with Crippen molar-refractivity contribution < 1.29 is 14.6 Å². The molecule has 14 heavy (non-hydrogen) atoms. The van der Waals surface area contributed by atoms with E-state index in [9.17, 15) is 14.7 Å². The fourth-order valence-corrected chi connectivity index (χ4v) is 0.897. The zero-order valence-electron chi connectivity index (χ0n) is 7.74. The lowest BCUT2D eigenvalue weighted by Gasteiger charge is -2.03. The Labute approximate surface area is 80.3 Å². The summed E-state index contributed by atoms with van der Waals surface area (Å²) in [5.41, 5.74) is -0.493. The molecule has 5 nitrogen and oxygen atoms in total. The van der Waals surface area contributed by atoms with Crippen molar-refractivity contribution in [3.8, 4) is 5.75 Å². The predicted molar refractivity (Wildman–Crippen MR) is 49.3 cm³/mol. The molecule has 1 aromatic heterocycles. The van der Waals surface area contributed by atoms with E-state index >= 15 is 0 Å². The van der Waals surface area contributed by atoms with E-state index in [4.69, 9.17) is 4.74 Å². The average Bonchev–Trinajstić information content (AvgIpc) is 2.14. The van der Waals surface area contributed by atoms with Crippen LogP contribution in [0.2, 0.25) is 0 Å². The normalized spacial score (nSPS) is 9.79. The second-order valence-electron chi connectivity index (χ2n) is 2.73. The highest BCUT2D eigenvalue weighted by Crippen LogP contribution is 2.13. The SMILES string of the molecule is CCCOC(=O)c1c[nH]c(=O)cc1O. The average molecular weight is 197 g/mol. The minimum absolute atomic E-state index is 0.0296. The standard InChI is InChI=1S/C9H11NO4/c1-2-3-14-9(13)6-5-10-8(12)4-7(6)11/h4-5H,2-3H2,1H3,(H2,10,11,12). The first-order valence-corrected chi connectivity index (χ1v) is 4.24. The van der Waals surface area contributed by atoms with Gasteiger partial charge in [-0.3, -0.25) is 4.79 Å². The summed E-state index contributed by atoms with van der Waals surface area (Å²) in [5, 5.41) is 9.24. The first-order chi connectivity index (χ1) is 6.65. The van der Waals surface area contributed by atoms with E-state index in [0.717, 1.165) is 12.3 Å². The van der Waals surface area contributed by atoms with Crippen molar-refractivity contribution in [2.75, 3.05) is 6.61 Å². The molecule has 76 valence electrons. The molecule has 0 fully saturated rings. The third-order valence-corrected chi connectivity index (χ3v) is 1.56. The Hall–Kier alpha value is -1.78. The molecule has 0 aliphatic heterocycles. The van der Waals surface area contributed by atoms with Gasteiger partial charge in [-0.25, -0.2) is 4.79 Å². The topological polar surface area (TPSA) is 79.4 Å². The molecule has 0 aliphatic rings. The van der Waals surface area contributed by atoms with E-state index in [2.05, 4.69) is 4.98 Å². The molecule has 0 aromatic carbocycles. The quantitative estimate of drug-likeness (QED) is 0.697. The molecular formula is C9H11NO4. The number of aromatic hydroxyl groups is 1. The highest BCUT2D eigenvalue weighted by molar-refractivity contribution is 5.91. The van der Waals surface area contributed by atoms with E-state index in [1.807, 2.05) is 6.92 Å². The van der Waals surface area contributed by atoms with Crippen LogP contribution in [0.5, 0.6) is 5.75 Å². The predicted octanol–water partition coefficient (Wildman–Crippen LogP) is 0.647. The van der Waals surface area contributed by atoms with Crippen LogP contribution in [-0.2, 0) is 4.74 Å². The number of H-pyrrole nitrogens is 1. The molecule has 1 aromatic rings. The summed E-state index contributed by atoms with van der Waals surface area (Å²) in [6.07, 6.45) is 1.84. The molecule has 0 bridgehead atoms. The van der Waals surface area contributed by atoms with Crippen LogP contribution < -0.4 is 5.56 Å². The Morgan fingerprint density at radius 3 is 2.93 bits per heavy atom. The summed E-state index contributed by atoms with van der Waals surface area (Å²) >= 11 is 0. The van der Waals surface area contributed by atoms with Crippen molar-refractivity contribution in [1.29, 1.82) is 0 Å². The Bertz CT molecular complexity index is 383. The summed E-state index contributed by atoms with van der Waals surface area (Å²) in [6.45, 7) is 2.15. The highest BCUT2D eigenvalue weighted by Gasteiger charge is 2.12. The number of rotatable bonds is 3. The van der Waals surface area contributed by atoms with Crippen LogP contribution in [0.3, 0.4) is 0 Å².